The van der Waals surface area contributed by atoms with Crippen molar-refractivity contribution in [3.05, 3.63) is 29.8 Å². The third kappa shape index (κ3) is 5.90. The van der Waals surface area contributed by atoms with Crippen molar-refractivity contribution >= 4 is 17.7 Å². The average molecular weight is 375 g/mol. The van der Waals surface area contributed by atoms with Gasteiger partial charge in [-0.3, -0.25) is 9.69 Å². The van der Waals surface area contributed by atoms with Crippen LogP contribution in [0.4, 0.5) is 13.2 Å². The molecule has 8 heteroatoms. The maximum Gasteiger partial charge on any atom is 0.405 e. The summed E-state index contributed by atoms with van der Waals surface area (Å²) in [5.41, 5.74) is 0.419. The Kier molecular flexibility index (Phi) is 7.15. The summed E-state index contributed by atoms with van der Waals surface area (Å²) in [6.45, 7) is 5.25. The van der Waals surface area contributed by atoms with Crippen LogP contribution in [0.25, 0.3) is 0 Å². The summed E-state index contributed by atoms with van der Waals surface area (Å²) in [6.07, 6.45) is -4.38. The molecule has 25 heavy (non-hydrogen) atoms. The van der Waals surface area contributed by atoms with Crippen molar-refractivity contribution in [3.63, 3.8) is 0 Å². The smallest absolute Gasteiger partial charge is 0.350 e. The number of carbonyl (C=O) groups excluding carboxylic acids is 1. The summed E-state index contributed by atoms with van der Waals surface area (Å²) < 4.78 is 40.2. The molecule has 0 saturated carbocycles. The molecule has 1 saturated heterocycles. The number of rotatable bonds is 6. The molecule has 1 aromatic rings. The molecule has 0 radical (unpaired) electrons. The molecule has 1 aliphatic heterocycles. The van der Waals surface area contributed by atoms with Crippen molar-refractivity contribution in [3.8, 4) is 0 Å². The largest absolute Gasteiger partial charge is 0.405 e. The maximum absolute atomic E-state index is 13.4. The number of hydrogen-bond donors (Lipinski definition) is 2. The number of nitrogens with zero attached hydrogens (tertiary/aromatic N) is 1. The van der Waals surface area contributed by atoms with Gasteiger partial charge in [0.1, 0.15) is 6.04 Å². The van der Waals surface area contributed by atoms with Gasteiger partial charge >= 0.3 is 6.18 Å². The van der Waals surface area contributed by atoms with Crippen molar-refractivity contribution < 1.29 is 18.0 Å². The predicted molar refractivity (Wildman–Crippen MR) is 94.1 cm³/mol. The first kappa shape index (κ1) is 20.1. The van der Waals surface area contributed by atoms with Crippen LogP contribution in [-0.2, 0) is 0 Å². The van der Waals surface area contributed by atoms with Crippen LogP contribution in [0.15, 0.2) is 29.2 Å². The number of alkyl halides is 3. The van der Waals surface area contributed by atoms with Crippen LogP contribution < -0.4 is 10.6 Å². The minimum absolute atomic E-state index is 0.276. The quantitative estimate of drug-likeness (QED) is 0.751. The molecule has 140 valence electrons. The fraction of sp³-hybridized carbons (Fsp3) is 0.588. The third-order valence-electron chi connectivity index (χ3n) is 3.92. The van der Waals surface area contributed by atoms with Gasteiger partial charge in [-0.15, -0.1) is 11.8 Å². The summed E-state index contributed by atoms with van der Waals surface area (Å²) in [7, 11) is 0. The molecule has 1 unspecified atom stereocenters. The highest BCUT2D eigenvalue weighted by molar-refractivity contribution is 8.00. The van der Waals surface area contributed by atoms with E-state index in [1.807, 2.05) is 26.0 Å². The van der Waals surface area contributed by atoms with Gasteiger partial charge in [0, 0.05) is 42.9 Å². The molecule has 1 aliphatic rings. The van der Waals surface area contributed by atoms with Crippen LogP contribution in [0.2, 0.25) is 0 Å². The van der Waals surface area contributed by atoms with E-state index in [0.717, 1.165) is 4.90 Å². The monoisotopic (exact) mass is 375 g/mol. The van der Waals surface area contributed by atoms with Gasteiger partial charge in [0.05, 0.1) is 5.56 Å². The van der Waals surface area contributed by atoms with Crippen LogP contribution in [-0.4, -0.2) is 61.0 Å². The Balaban J connectivity index is 2.06. The summed E-state index contributed by atoms with van der Waals surface area (Å²) in [4.78, 5) is 14.6. The molecule has 1 fully saturated rings. The van der Waals surface area contributed by atoms with Gasteiger partial charge in [-0.1, -0.05) is 26.0 Å². The SMILES string of the molecule is CC(C)Sc1ccccc1C(=O)NCC(N1CCNCC1)C(F)(F)F. The molecule has 4 nitrogen and oxygen atoms in total. The van der Waals surface area contributed by atoms with E-state index in [0.29, 0.717) is 31.7 Å². The highest BCUT2D eigenvalue weighted by atomic mass is 32.2. The fourth-order valence-corrected chi connectivity index (χ4v) is 3.69. The minimum Gasteiger partial charge on any atom is -0.350 e. The molecule has 1 amide bonds. The number of carbonyl (C=O) groups is 1. The lowest BCUT2D eigenvalue weighted by molar-refractivity contribution is -0.183. The minimum atomic E-state index is -4.38. The van der Waals surface area contributed by atoms with E-state index < -0.39 is 24.7 Å². The lowest BCUT2D eigenvalue weighted by Gasteiger charge is -2.36. The van der Waals surface area contributed by atoms with E-state index >= 15 is 0 Å². The number of thioether (sulfide) groups is 1. The zero-order chi connectivity index (χ0) is 18.4. The zero-order valence-electron chi connectivity index (χ0n) is 14.4. The Labute approximate surface area is 150 Å². The standard InChI is InChI=1S/C17H24F3N3OS/c1-12(2)25-14-6-4-3-5-13(14)16(24)22-11-15(17(18,19)20)23-9-7-21-8-10-23/h3-6,12,15,21H,7-11H2,1-2H3,(H,22,24). The number of piperazine rings is 1. The van der Waals surface area contributed by atoms with Crippen LogP contribution in [0.1, 0.15) is 24.2 Å². The molecule has 2 N–H and O–H groups in total. The molecule has 0 aliphatic carbocycles. The molecule has 1 heterocycles. The van der Waals surface area contributed by atoms with Gasteiger partial charge in [0.2, 0.25) is 0 Å². The van der Waals surface area contributed by atoms with Crippen molar-refractivity contribution in [2.75, 3.05) is 32.7 Å². The summed E-state index contributed by atoms with van der Waals surface area (Å²) in [5, 5.41) is 5.80. The molecule has 1 aromatic carbocycles. The van der Waals surface area contributed by atoms with Crippen LogP contribution in [0, 0.1) is 0 Å². The van der Waals surface area contributed by atoms with Crippen molar-refractivity contribution in [2.24, 2.45) is 0 Å². The van der Waals surface area contributed by atoms with E-state index in [4.69, 9.17) is 0 Å². The van der Waals surface area contributed by atoms with E-state index in [1.165, 1.54) is 16.7 Å². The Morgan fingerprint density at radius 1 is 1.28 bits per heavy atom. The lowest BCUT2D eigenvalue weighted by atomic mass is 10.1. The van der Waals surface area contributed by atoms with E-state index in [9.17, 15) is 18.0 Å². The van der Waals surface area contributed by atoms with Gasteiger partial charge in [0.15, 0.2) is 0 Å². The second kappa shape index (κ2) is 8.91. The van der Waals surface area contributed by atoms with Gasteiger partial charge in [-0.2, -0.15) is 13.2 Å². The Morgan fingerprint density at radius 3 is 2.52 bits per heavy atom. The van der Waals surface area contributed by atoms with Crippen molar-refractivity contribution in [1.82, 2.24) is 15.5 Å². The highest BCUT2D eigenvalue weighted by Crippen LogP contribution is 2.27. The number of hydrogen-bond acceptors (Lipinski definition) is 4. The third-order valence-corrected chi connectivity index (χ3v) is 5.00. The van der Waals surface area contributed by atoms with Crippen LogP contribution in [0.3, 0.4) is 0 Å². The van der Waals surface area contributed by atoms with E-state index in [2.05, 4.69) is 10.6 Å². The van der Waals surface area contributed by atoms with Gasteiger partial charge in [-0.05, 0) is 12.1 Å². The topological polar surface area (TPSA) is 44.4 Å². The van der Waals surface area contributed by atoms with Gasteiger partial charge < -0.3 is 10.6 Å². The molecule has 0 aromatic heterocycles. The second-order valence-corrected chi connectivity index (χ2v) is 7.83. The van der Waals surface area contributed by atoms with Crippen molar-refractivity contribution in [1.29, 1.82) is 0 Å². The van der Waals surface area contributed by atoms with Gasteiger partial charge in [0.25, 0.3) is 5.91 Å². The van der Waals surface area contributed by atoms with Gasteiger partial charge in [-0.25, -0.2) is 0 Å². The van der Waals surface area contributed by atoms with Crippen LogP contribution >= 0.6 is 11.8 Å². The first-order valence-corrected chi connectivity index (χ1v) is 9.22. The molecule has 1 atom stereocenters. The highest BCUT2D eigenvalue weighted by Gasteiger charge is 2.43. The van der Waals surface area contributed by atoms with Crippen LogP contribution in [0.5, 0.6) is 0 Å². The average Bonchev–Trinajstić information content (AvgIpc) is 2.54. The summed E-state index contributed by atoms with van der Waals surface area (Å²) in [6, 6.07) is 5.34. The number of nitrogens with one attached hydrogen (secondary N) is 2. The number of halogens is 3. The fourth-order valence-electron chi connectivity index (χ4n) is 2.74. The second-order valence-electron chi connectivity index (χ2n) is 6.22. The Morgan fingerprint density at radius 2 is 1.92 bits per heavy atom. The molecular weight excluding hydrogens is 351 g/mol. The summed E-state index contributed by atoms with van der Waals surface area (Å²) >= 11 is 1.52. The van der Waals surface area contributed by atoms with E-state index in [-0.39, 0.29) is 5.25 Å². The number of amides is 1. The van der Waals surface area contributed by atoms with E-state index in [1.54, 1.807) is 12.1 Å². The predicted octanol–water partition coefficient (Wildman–Crippen LogP) is 2.75. The first-order valence-electron chi connectivity index (χ1n) is 8.34. The molecule has 2 rings (SSSR count). The lowest BCUT2D eigenvalue weighted by Crippen LogP contribution is -2.57. The Bertz CT molecular complexity index is 575. The maximum atomic E-state index is 13.4. The van der Waals surface area contributed by atoms with Crippen molar-refractivity contribution in [2.45, 2.75) is 36.2 Å². The zero-order valence-corrected chi connectivity index (χ0v) is 15.2. The Hall–Kier alpha value is -1.25. The molecule has 0 bridgehead atoms. The number of benzene rings is 1. The summed E-state index contributed by atoms with van der Waals surface area (Å²) in [5.74, 6) is -0.465. The molecular formula is C17H24F3N3OS. The normalized spacial score (nSPS) is 17.5. The first-order chi connectivity index (χ1) is 11.8. The molecule has 0 spiro atoms.